The third-order valence-corrected chi connectivity index (χ3v) is 6.26. The van der Waals surface area contributed by atoms with Crippen molar-refractivity contribution in [2.24, 2.45) is 0 Å². The third kappa shape index (κ3) is 3.95. The van der Waals surface area contributed by atoms with Crippen LogP contribution in [-0.2, 0) is 6.54 Å². The van der Waals surface area contributed by atoms with Gasteiger partial charge < -0.3 is 14.8 Å². The number of aryl methyl sites for hydroxylation is 1. The van der Waals surface area contributed by atoms with E-state index in [9.17, 15) is 4.79 Å². The Balaban J connectivity index is 1.48. The van der Waals surface area contributed by atoms with Crippen molar-refractivity contribution in [3.63, 3.8) is 0 Å². The van der Waals surface area contributed by atoms with Crippen LogP contribution in [0.15, 0.2) is 29.0 Å². The number of hydrogen-bond donors (Lipinski definition) is 1. The first kappa shape index (κ1) is 18.3. The molecule has 27 heavy (non-hydrogen) atoms. The Morgan fingerprint density at radius 1 is 1.33 bits per heavy atom. The average Bonchev–Trinajstić information content (AvgIpc) is 3.24. The van der Waals surface area contributed by atoms with Gasteiger partial charge in [0.1, 0.15) is 9.88 Å². The van der Waals surface area contributed by atoms with Gasteiger partial charge in [-0.15, -0.1) is 11.3 Å². The largest absolute Gasteiger partial charge is 0.489 e. The van der Waals surface area contributed by atoms with Crippen LogP contribution in [0.1, 0.15) is 27.3 Å². The van der Waals surface area contributed by atoms with Crippen LogP contribution < -0.4 is 14.8 Å². The molecule has 0 spiro atoms. The second kappa shape index (κ2) is 7.88. The van der Waals surface area contributed by atoms with Crippen LogP contribution in [0.25, 0.3) is 10.6 Å². The van der Waals surface area contributed by atoms with Crippen molar-refractivity contribution in [3.05, 3.63) is 50.1 Å². The van der Waals surface area contributed by atoms with E-state index < -0.39 is 0 Å². The van der Waals surface area contributed by atoms with E-state index in [2.05, 4.69) is 10.3 Å². The van der Waals surface area contributed by atoms with Gasteiger partial charge in [-0.25, -0.2) is 4.98 Å². The predicted octanol–water partition coefficient (Wildman–Crippen LogP) is 4.92. The van der Waals surface area contributed by atoms with E-state index in [0.717, 1.165) is 28.2 Å². The number of benzene rings is 1. The molecule has 2 aromatic heterocycles. The molecular formula is C19H17ClN2O3S2. The van der Waals surface area contributed by atoms with Gasteiger partial charge in [0.2, 0.25) is 0 Å². The molecule has 5 nitrogen and oxygen atoms in total. The Bertz CT molecular complexity index is 970. The topological polar surface area (TPSA) is 60.5 Å². The quantitative estimate of drug-likeness (QED) is 0.650. The van der Waals surface area contributed by atoms with Crippen molar-refractivity contribution in [1.82, 2.24) is 10.3 Å². The molecule has 0 aliphatic carbocycles. The molecule has 1 aliphatic heterocycles. The molecule has 140 valence electrons. The summed E-state index contributed by atoms with van der Waals surface area (Å²) in [6.45, 7) is 3.37. The number of halogens is 1. The molecule has 0 fully saturated rings. The summed E-state index contributed by atoms with van der Waals surface area (Å²) in [6, 6.07) is 5.67. The van der Waals surface area contributed by atoms with Crippen molar-refractivity contribution < 1.29 is 14.3 Å². The highest BCUT2D eigenvalue weighted by molar-refractivity contribution is 7.17. The van der Waals surface area contributed by atoms with Gasteiger partial charge in [-0.3, -0.25) is 4.79 Å². The summed E-state index contributed by atoms with van der Waals surface area (Å²) in [5.41, 5.74) is 2.63. The Labute approximate surface area is 169 Å². The molecule has 1 N–H and O–H groups in total. The van der Waals surface area contributed by atoms with Gasteiger partial charge in [-0.1, -0.05) is 11.6 Å². The minimum atomic E-state index is -0.144. The van der Waals surface area contributed by atoms with Gasteiger partial charge in [0.25, 0.3) is 5.91 Å². The van der Waals surface area contributed by atoms with Crippen LogP contribution in [0.2, 0.25) is 5.02 Å². The number of aromatic nitrogens is 1. The van der Waals surface area contributed by atoms with Gasteiger partial charge in [0.15, 0.2) is 11.5 Å². The van der Waals surface area contributed by atoms with Crippen molar-refractivity contribution in [2.45, 2.75) is 19.9 Å². The van der Waals surface area contributed by atoms with E-state index >= 15 is 0 Å². The van der Waals surface area contributed by atoms with Crippen LogP contribution in [0.4, 0.5) is 0 Å². The number of rotatable bonds is 4. The molecule has 1 aliphatic rings. The number of nitrogens with one attached hydrogen (secondary N) is 1. The Morgan fingerprint density at radius 2 is 2.19 bits per heavy atom. The monoisotopic (exact) mass is 420 g/mol. The van der Waals surface area contributed by atoms with Gasteiger partial charge >= 0.3 is 0 Å². The van der Waals surface area contributed by atoms with E-state index in [4.69, 9.17) is 21.1 Å². The van der Waals surface area contributed by atoms with E-state index in [-0.39, 0.29) is 5.91 Å². The van der Waals surface area contributed by atoms with Crippen molar-refractivity contribution >= 4 is 40.2 Å². The summed E-state index contributed by atoms with van der Waals surface area (Å²) < 4.78 is 11.3. The van der Waals surface area contributed by atoms with E-state index in [1.165, 1.54) is 11.3 Å². The molecular weight excluding hydrogens is 404 g/mol. The van der Waals surface area contributed by atoms with Crippen LogP contribution >= 0.6 is 34.3 Å². The van der Waals surface area contributed by atoms with Gasteiger partial charge in [-0.05, 0) is 36.1 Å². The number of thiophene rings is 1. The van der Waals surface area contributed by atoms with E-state index in [1.54, 1.807) is 17.4 Å². The van der Waals surface area contributed by atoms with Crippen LogP contribution in [0, 0.1) is 6.92 Å². The summed E-state index contributed by atoms with van der Waals surface area (Å²) in [5.74, 6) is 1.05. The maximum absolute atomic E-state index is 12.6. The molecule has 1 amide bonds. The Kier molecular flexibility index (Phi) is 5.33. The summed E-state index contributed by atoms with van der Waals surface area (Å²) in [4.78, 5) is 17.8. The number of hydrogen-bond acceptors (Lipinski definition) is 6. The molecule has 0 saturated heterocycles. The second-order valence-corrected chi connectivity index (χ2v) is 8.27. The molecule has 0 saturated carbocycles. The molecule has 0 unspecified atom stereocenters. The molecule has 4 rings (SSSR count). The minimum absolute atomic E-state index is 0.144. The van der Waals surface area contributed by atoms with Crippen molar-refractivity contribution in [3.8, 4) is 22.1 Å². The first-order valence-corrected chi connectivity index (χ1v) is 10.6. The average molecular weight is 421 g/mol. The lowest BCUT2D eigenvalue weighted by Gasteiger charge is -2.12. The standard InChI is InChI=1S/C19H17ClN2O3S2/c1-11-17(27-19(22-11)13-3-6-26-10-13)18(23)21-9-12-7-14(20)16-15(8-12)24-4-2-5-25-16/h3,6-8,10H,2,4-5,9H2,1H3,(H,21,23). The molecule has 3 heterocycles. The zero-order valence-electron chi connectivity index (χ0n) is 14.6. The fourth-order valence-corrected chi connectivity index (χ4v) is 4.75. The Morgan fingerprint density at radius 3 is 3.00 bits per heavy atom. The maximum Gasteiger partial charge on any atom is 0.263 e. The van der Waals surface area contributed by atoms with Crippen molar-refractivity contribution in [1.29, 1.82) is 0 Å². The smallest absolute Gasteiger partial charge is 0.263 e. The van der Waals surface area contributed by atoms with Crippen LogP contribution in [0.5, 0.6) is 11.5 Å². The minimum Gasteiger partial charge on any atom is -0.489 e. The molecule has 0 radical (unpaired) electrons. The highest BCUT2D eigenvalue weighted by Crippen LogP contribution is 2.38. The van der Waals surface area contributed by atoms with Gasteiger partial charge in [-0.2, -0.15) is 11.3 Å². The number of fused-ring (bicyclic) bond motifs is 1. The first-order valence-electron chi connectivity index (χ1n) is 8.48. The van der Waals surface area contributed by atoms with Gasteiger partial charge in [0, 0.05) is 23.9 Å². The fourth-order valence-electron chi connectivity index (χ4n) is 2.77. The summed E-state index contributed by atoms with van der Waals surface area (Å²) in [6.07, 6.45) is 0.814. The summed E-state index contributed by atoms with van der Waals surface area (Å²) >= 11 is 9.33. The van der Waals surface area contributed by atoms with Crippen LogP contribution in [-0.4, -0.2) is 24.1 Å². The van der Waals surface area contributed by atoms with Crippen molar-refractivity contribution in [2.75, 3.05) is 13.2 Å². The normalized spacial score (nSPS) is 13.3. The third-order valence-electron chi connectivity index (χ3n) is 4.09. The van der Waals surface area contributed by atoms with Gasteiger partial charge in [0.05, 0.1) is 23.9 Å². The zero-order valence-corrected chi connectivity index (χ0v) is 17.0. The highest BCUT2D eigenvalue weighted by atomic mass is 35.5. The number of carbonyl (C=O) groups is 1. The molecule has 1 aromatic carbocycles. The lowest BCUT2D eigenvalue weighted by atomic mass is 10.2. The summed E-state index contributed by atoms with van der Waals surface area (Å²) in [7, 11) is 0. The van der Waals surface area contributed by atoms with E-state index in [0.29, 0.717) is 41.2 Å². The first-order chi connectivity index (χ1) is 13.1. The molecule has 0 atom stereocenters. The predicted molar refractivity (Wildman–Crippen MR) is 108 cm³/mol. The number of ether oxygens (including phenoxy) is 2. The Hall–Kier alpha value is -2.09. The fraction of sp³-hybridized carbons (Fsp3) is 0.263. The number of carbonyl (C=O) groups excluding carboxylic acids is 1. The zero-order chi connectivity index (χ0) is 18.8. The SMILES string of the molecule is Cc1nc(-c2ccsc2)sc1C(=O)NCc1cc(Cl)c2c(c1)OCCCO2. The summed E-state index contributed by atoms with van der Waals surface area (Å²) in [5, 5.41) is 8.32. The lowest BCUT2D eigenvalue weighted by molar-refractivity contribution is 0.0954. The molecule has 0 bridgehead atoms. The van der Waals surface area contributed by atoms with E-state index in [1.807, 2.05) is 29.8 Å². The number of thiazole rings is 1. The van der Waals surface area contributed by atoms with Crippen LogP contribution in [0.3, 0.4) is 0 Å². The lowest BCUT2D eigenvalue weighted by Crippen LogP contribution is -2.22. The number of amides is 1. The second-order valence-electron chi connectivity index (χ2n) is 6.08. The highest BCUT2D eigenvalue weighted by Gasteiger charge is 2.18. The molecule has 3 aromatic rings. The maximum atomic E-state index is 12.6. The molecule has 8 heteroatoms. The number of nitrogens with zero attached hydrogens (tertiary/aromatic N) is 1.